The highest BCUT2D eigenvalue weighted by molar-refractivity contribution is 5.48. The summed E-state index contributed by atoms with van der Waals surface area (Å²) >= 11 is 0. The van der Waals surface area contributed by atoms with Gasteiger partial charge < -0.3 is 14.8 Å². The van der Waals surface area contributed by atoms with Gasteiger partial charge in [-0.25, -0.2) is 0 Å². The molecular weight excluding hydrogens is 358 g/mol. The van der Waals surface area contributed by atoms with Crippen molar-refractivity contribution in [2.24, 2.45) is 0 Å². The van der Waals surface area contributed by atoms with Crippen molar-refractivity contribution in [2.75, 3.05) is 18.5 Å². The van der Waals surface area contributed by atoms with Gasteiger partial charge in [0.2, 0.25) is 0 Å². The lowest BCUT2D eigenvalue weighted by Crippen LogP contribution is -2.22. The molecule has 3 heteroatoms. The number of hydrogen-bond acceptors (Lipinski definition) is 3. The summed E-state index contributed by atoms with van der Waals surface area (Å²) in [4.78, 5) is 0. The van der Waals surface area contributed by atoms with Gasteiger partial charge in [-0.05, 0) is 48.6 Å². The maximum atomic E-state index is 6.05. The molecule has 160 valence electrons. The van der Waals surface area contributed by atoms with Gasteiger partial charge in [-0.1, -0.05) is 71.6 Å². The Hall–Kier alpha value is -2.16. The molecule has 1 atom stereocenters. The second-order valence-corrected chi connectivity index (χ2v) is 8.87. The fourth-order valence-corrected chi connectivity index (χ4v) is 3.16. The van der Waals surface area contributed by atoms with E-state index >= 15 is 0 Å². The standard InChI is InChI=1S/C26H39NO2/c1-6-7-8-9-10-18-28-25-13-11-12-23(19-25)27-20-21(2)29-24-16-14-22(15-17-24)26(3,4)5/h11-17,19,21,27H,6-10,18,20H2,1-5H3/t21-/m1/s1. The van der Waals surface area contributed by atoms with Crippen molar-refractivity contribution in [2.45, 2.75) is 78.2 Å². The summed E-state index contributed by atoms with van der Waals surface area (Å²) in [6.45, 7) is 12.5. The van der Waals surface area contributed by atoms with Crippen LogP contribution in [0.1, 0.15) is 72.3 Å². The number of ether oxygens (including phenoxy) is 2. The van der Waals surface area contributed by atoms with Crippen LogP contribution in [0.2, 0.25) is 0 Å². The Labute approximate surface area is 177 Å². The zero-order valence-corrected chi connectivity index (χ0v) is 19.0. The molecule has 0 unspecified atom stereocenters. The number of benzene rings is 2. The normalized spacial score (nSPS) is 12.4. The van der Waals surface area contributed by atoms with E-state index in [1.54, 1.807) is 0 Å². The predicted molar refractivity (Wildman–Crippen MR) is 124 cm³/mol. The molecule has 0 aliphatic heterocycles. The molecule has 0 radical (unpaired) electrons. The molecule has 0 heterocycles. The molecule has 0 bridgehead atoms. The van der Waals surface area contributed by atoms with Gasteiger partial charge in [0.15, 0.2) is 0 Å². The molecule has 0 saturated carbocycles. The molecule has 0 aromatic heterocycles. The second kappa shape index (κ2) is 11.7. The van der Waals surface area contributed by atoms with Crippen LogP contribution < -0.4 is 14.8 Å². The molecule has 3 nitrogen and oxygen atoms in total. The van der Waals surface area contributed by atoms with Crippen molar-refractivity contribution in [3.05, 3.63) is 54.1 Å². The summed E-state index contributed by atoms with van der Waals surface area (Å²) in [5.74, 6) is 1.84. The van der Waals surface area contributed by atoms with Crippen molar-refractivity contribution in [1.82, 2.24) is 0 Å². The van der Waals surface area contributed by atoms with E-state index in [-0.39, 0.29) is 11.5 Å². The van der Waals surface area contributed by atoms with Crippen LogP contribution in [0, 0.1) is 0 Å². The molecule has 0 fully saturated rings. The molecule has 2 aromatic carbocycles. The van der Waals surface area contributed by atoms with Crippen molar-refractivity contribution in [3.8, 4) is 11.5 Å². The molecule has 0 amide bonds. The topological polar surface area (TPSA) is 30.5 Å². The van der Waals surface area contributed by atoms with Crippen molar-refractivity contribution >= 4 is 5.69 Å². The van der Waals surface area contributed by atoms with Gasteiger partial charge in [0.1, 0.15) is 17.6 Å². The molecule has 2 rings (SSSR count). The molecule has 0 saturated heterocycles. The minimum absolute atomic E-state index is 0.0682. The van der Waals surface area contributed by atoms with Crippen LogP contribution in [-0.4, -0.2) is 19.3 Å². The molecule has 1 N–H and O–H groups in total. The molecular formula is C26H39NO2. The Morgan fingerprint density at radius 1 is 0.897 bits per heavy atom. The van der Waals surface area contributed by atoms with Crippen LogP contribution in [0.3, 0.4) is 0 Å². The molecule has 0 aliphatic rings. The van der Waals surface area contributed by atoms with Gasteiger partial charge in [0, 0.05) is 11.8 Å². The lowest BCUT2D eigenvalue weighted by molar-refractivity contribution is 0.234. The van der Waals surface area contributed by atoms with E-state index in [1.807, 2.05) is 12.1 Å². The van der Waals surface area contributed by atoms with Gasteiger partial charge >= 0.3 is 0 Å². The van der Waals surface area contributed by atoms with E-state index in [4.69, 9.17) is 9.47 Å². The summed E-state index contributed by atoms with van der Waals surface area (Å²) in [6, 6.07) is 16.6. The van der Waals surface area contributed by atoms with Crippen molar-refractivity contribution in [1.29, 1.82) is 0 Å². The number of unbranched alkanes of at least 4 members (excludes halogenated alkanes) is 4. The SMILES string of the molecule is CCCCCCCOc1cccc(NC[C@@H](C)Oc2ccc(C(C)(C)C)cc2)c1. The van der Waals surface area contributed by atoms with Gasteiger partial charge in [-0.3, -0.25) is 0 Å². The van der Waals surface area contributed by atoms with E-state index in [0.29, 0.717) is 0 Å². The highest BCUT2D eigenvalue weighted by Gasteiger charge is 2.13. The Bertz CT molecular complexity index is 703. The zero-order chi connectivity index (χ0) is 21.1. The van der Waals surface area contributed by atoms with Gasteiger partial charge in [0.05, 0.1) is 13.2 Å². The van der Waals surface area contributed by atoms with Gasteiger partial charge in [0.25, 0.3) is 0 Å². The van der Waals surface area contributed by atoms with Crippen molar-refractivity contribution < 1.29 is 9.47 Å². The fourth-order valence-electron chi connectivity index (χ4n) is 3.16. The first-order valence-corrected chi connectivity index (χ1v) is 11.1. The quantitative estimate of drug-likeness (QED) is 0.384. The lowest BCUT2D eigenvalue weighted by Gasteiger charge is -2.20. The lowest BCUT2D eigenvalue weighted by atomic mass is 9.87. The minimum atomic E-state index is 0.0682. The summed E-state index contributed by atoms with van der Waals surface area (Å²) in [5, 5.41) is 3.45. The van der Waals surface area contributed by atoms with Crippen LogP contribution in [0.5, 0.6) is 11.5 Å². The maximum Gasteiger partial charge on any atom is 0.121 e. The first kappa shape index (κ1) is 23.1. The van der Waals surface area contributed by atoms with E-state index in [0.717, 1.165) is 36.8 Å². The van der Waals surface area contributed by atoms with Crippen molar-refractivity contribution in [3.63, 3.8) is 0 Å². The fraction of sp³-hybridized carbons (Fsp3) is 0.538. The Balaban J connectivity index is 1.74. The van der Waals surface area contributed by atoms with Gasteiger partial charge in [-0.2, -0.15) is 0 Å². The average molecular weight is 398 g/mol. The van der Waals surface area contributed by atoms with Gasteiger partial charge in [-0.15, -0.1) is 0 Å². The third-order valence-electron chi connectivity index (χ3n) is 5.00. The van der Waals surface area contributed by atoms with Crippen LogP contribution >= 0.6 is 0 Å². The Kier molecular flexibility index (Phi) is 9.37. The zero-order valence-electron chi connectivity index (χ0n) is 19.0. The predicted octanol–water partition coefficient (Wildman–Crippen LogP) is 7.21. The number of rotatable bonds is 12. The van der Waals surface area contributed by atoms with E-state index in [2.05, 4.69) is 76.3 Å². The van der Waals surface area contributed by atoms with Crippen LogP contribution in [0.15, 0.2) is 48.5 Å². The maximum absolute atomic E-state index is 6.05. The molecule has 29 heavy (non-hydrogen) atoms. The third-order valence-corrected chi connectivity index (χ3v) is 5.00. The van der Waals surface area contributed by atoms with E-state index < -0.39 is 0 Å². The Morgan fingerprint density at radius 3 is 2.31 bits per heavy atom. The summed E-state index contributed by atoms with van der Waals surface area (Å²) in [5.41, 5.74) is 2.54. The molecule has 0 spiro atoms. The third kappa shape index (κ3) is 8.81. The van der Waals surface area contributed by atoms with E-state index in [9.17, 15) is 0 Å². The summed E-state index contributed by atoms with van der Waals surface area (Å²) in [7, 11) is 0. The largest absolute Gasteiger partial charge is 0.494 e. The summed E-state index contributed by atoms with van der Waals surface area (Å²) < 4.78 is 11.9. The number of nitrogens with one attached hydrogen (secondary N) is 1. The Morgan fingerprint density at radius 2 is 1.62 bits per heavy atom. The highest BCUT2D eigenvalue weighted by atomic mass is 16.5. The first-order chi connectivity index (χ1) is 13.9. The first-order valence-electron chi connectivity index (χ1n) is 11.1. The highest BCUT2D eigenvalue weighted by Crippen LogP contribution is 2.25. The molecule has 2 aromatic rings. The minimum Gasteiger partial charge on any atom is -0.494 e. The van der Waals surface area contributed by atoms with Crippen LogP contribution in [-0.2, 0) is 5.41 Å². The summed E-state index contributed by atoms with van der Waals surface area (Å²) in [6.07, 6.45) is 6.34. The number of hydrogen-bond donors (Lipinski definition) is 1. The smallest absolute Gasteiger partial charge is 0.121 e. The van der Waals surface area contributed by atoms with E-state index in [1.165, 1.54) is 31.2 Å². The average Bonchev–Trinajstić information content (AvgIpc) is 2.69. The van der Waals surface area contributed by atoms with Crippen LogP contribution in [0.25, 0.3) is 0 Å². The van der Waals surface area contributed by atoms with Crippen LogP contribution in [0.4, 0.5) is 5.69 Å². The second-order valence-electron chi connectivity index (χ2n) is 8.87. The number of anilines is 1. The molecule has 0 aliphatic carbocycles. The monoisotopic (exact) mass is 397 g/mol.